The maximum Gasteiger partial charge on any atom is 0.247 e. The predicted molar refractivity (Wildman–Crippen MR) is 111 cm³/mol. The van der Waals surface area contributed by atoms with Crippen LogP contribution in [0.5, 0.6) is 0 Å². The molecule has 0 spiro atoms. The lowest BCUT2D eigenvalue weighted by molar-refractivity contribution is -0.121. The number of carbonyl (C=O) groups is 3. The summed E-state index contributed by atoms with van der Waals surface area (Å²) in [6, 6.07) is 12.5. The van der Waals surface area contributed by atoms with E-state index in [9.17, 15) is 22.8 Å². The molecule has 3 N–H and O–H groups in total. The van der Waals surface area contributed by atoms with Gasteiger partial charge in [0.15, 0.2) is 0 Å². The summed E-state index contributed by atoms with van der Waals surface area (Å²) in [5.74, 6) is -1.03. The monoisotopic (exact) mass is 433 g/mol. The van der Waals surface area contributed by atoms with Gasteiger partial charge in [0, 0.05) is 12.1 Å². The van der Waals surface area contributed by atoms with Crippen molar-refractivity contribution in [3.63, 3.8) is 0 Å². The molecule has 3 amide bonds. The highest BCUT2D eigenvalue weighted by atomic mass is 32.2. The number of anilines is 2. The van der Waals surface area contributed by atoms with Crippen LogP contribution in [-0.2, 0) is 24.4 Å². The van der Waals surface area contributed by atoms with E-state index < -0.39 is 15.3 Å². The summed E-state index contributed by atoms with van der Waals surface area (Å²) in [6.45, 7) is 1.91. The first kappa shape index (κ1) is 21.0. The summed E-state index contributed by atoms with van der Waals surface area (Å²) in [5, 5.41) is 7.02. The normalized spacial score (nSPS) is 16.9. The number of nitrogens with zero attached hydrogens (tertiary/aromatic N) is 1. The molecular weight excluding hydrogens is 414 g/mol. The Hall–Kier alpha value is -2.69. The smallest absolute Gasteiger partial charge is 0.247 e. The zero-order valence-corrected chi connectivity index (χ0v) is 17.1. The molecule has 0 bridgehead atoms. The van der Waals surface area contributed by atoms with Crippen LogP contribution in [0.2, 0.25) is 0 Å². The second kappa shape index (κ2) is 8.36. The molecule has 1 aliphatic rings. The quantitative estimate of drug-likeness (QED) is 0.667. The van der Waals surface area contributed by atoms with Crippen molar-refractivity contribution < 1.29 is 22.8 Å². The Morgan fingerprint density at radius 2 is 1.76 bits per heavy atom. The lowest BCUT2D eigenvalue weighted by Gasteiger charge is -2.15. The molecule has 1 atom stereocenters. The van der Waals surface area contributed by atoms with Gasteiger partial charge in [-0.3, -0.25) is 14.4 Å². The number of primary sulfonamides is 1. The van der Waals surface area contributed by atoms with Gasteiger partial charge >= 0.3 is 0 Å². The Bertz CT molecular complexity index is 1050. The fourth-order valence-electron chi connectivity index (χ4n) is 2.80. The summed E-state index contributed by atoms with van der Waals surface area (Å²) < 4.78 is 22.5. The number of benzene rings is 2. The molecule has 0 unspecified atom stereocenters. The number of sulfonamides is 1. The van der Waals surface area contributed by atoms with Gasteiger partial charge in [-0.15, -0.1) is 11.8 Å². The molecule has 10 heteroatoms. The fraction of sp³-hybridized carbons (Fsp3) is 0.211. The first-order valence-corrected chi connectivity index (χ1v) is 11.2. The van der Waals surface area contributed by atoms with Gasteiger partial charge in [-0.1, -0.05) is 17.7 Å². The predicted octanol–water partition coefficient (Wildman–Crippen LogP) is 1.65. The van der Waals surface area contributed by atoms with Crippen molar-refractivity contribution in [2.75, 3.05) is 16.0 Å². The highest BCUT2D eigenvalue weighted by molar-refractivity contribution is 8.01. The Balaban J connectivity index is 1.57. The van der Waals surface area contributed by atoms with E-state index in [4.69, 9.17) is 5.14 Å². The minimum atomic E-state index is -3.80. The number of rotatable bonds is 6. The summed E-state index contributed by atoms with van der Waals surface area (Å²) in [5.41, 5.74) is 1.94. The highest BCUT2D eigenvalue weighted by Crippen LogP contribution is 2.30. The molecular formula is C19H19N3O5S2. The zero-order valence-electron chi connectivity index (χ0n) is 15.5. The van der Waals surface area contributed by atoms with Crippen molar-refractivity contribution in [3.8, 4) is 0 Å². The van der Waals surface area contributed by atoms with Gasteiger partial charge in [-0.2, -0.15) is 0 Å². The van der Waals surface area contributed by atoms with Crippen LogP contribution < -0.4 is 15.4 Å². The molecule has 1 aliphatic heterocycles. The third-order valence-electron chi connectivity index (χ3n) is 4.28. The minimum absolute atomic E-state index is 0.0254. The van der Waals surface area contributed by atoms with E-state index in [1.165, 1.54) is 24.3 Å². The van der Waals surface area contributed by atoms with Crippen molar-refractivity contribution >= 4 is 50.9 Å². The summed E-state index contributed by atoms with van der Waals surface area (Å²) in [4.78, 5) is 38.1. The number of aryl methyl sites for hydroxylation is 1. The standard InChI is InChI=1S/C19H19N3O5S2/c1-12-2-6-14(7-3-12)22-18(24)10-16(19(22)25)28-11-17(23)21-13-4-8-15(9-5-13)29(20,26)27/h2-9,16H,10-11H2,1H3,(H,21,23)(H2,20,26,27)/t16-/m0/s1. The molecule has 0 saturated carbocycles. The van der Waals surface area contributed by atoms with E-state index in [2.05, 4.69) is 5.32 Å². The van der Waals surface area contributed by atoms with Crippen LogP contribution in [0.15, 0.2) is 53.4 Å². The first-order chi connectivity index (χ1) is 13.6. The average Bonchev–Trinajstić information content (AvgIpc) is 2.94. The lowest BCUT2D eigenvalue weighted by atomic mass is 10.2. The first-order valence-electron chi connectivity index (χ1n) is 8.63. The molecule has 1 saturated heterocycles. The molecule has 2 aromatic rings. The summed E-state index contributed by atoms with van der Waals surface area (Å²) >= 11 is 1.09. The molecule has 0 aliphatic carbocycles. The Morgan fingerprint density at radius 1 is 1.14 bits per heavy atom. The van der Waals surface area contributed by atoms with Gasteiger partial charge in [0.1, 0.15) is 0 Å². The molecule has 29 heavy (non-hydrogen) atoms. The van der Waals surface area contributed by atoms with E-state index in [-0.39, 0.29) is 34.8 Å². The van der Waals surface area contributed by atoms with Crippen molar-refractivity contribution in [1.82, 2.24) is 0 Å². The largest absolute Gasteiger partial charge is 0.325 e. The van der Waals surface area contributed by atoms with Crippen LogP contribution in [0.1, 0.15) is 12.0 Å². The fourth-order valence-corrected chi connectivity index (χ4v) is 4.25. The van der Waals surface area contributed by atoms with Crippen LogP contribution >= 0.6 is 11.8 Å². The van der Waals surface area contributed by atoms with E-state index in [1.807, 2.05) is 19.1 Å². The molecule has 0 radical (unpaired) electrons. The van der Waals surface area contributed by atoms with Gasteiger partial charge < -0.3 is 5.32 Å². The highest BCUT2D eigenvalue weighted by Gasteiger charge is 2.40. The number of amides is 3. The maximum atomic E-state index is 12.6. The van der Waals surface area contributed by atoms with E-state index in [1.54, 1.807) is 12.1 Å². The summed E-state index contributed by atoms with van der Waals surface area (Å²) in [7, 11) is -3.80. The second-order valence-corrected chi connectivity index (χ2v) is 9.28. The molecule has 1 heterocycles. The van der Waals surface area contributed by atoms with Crippen molar-refractivity contribution in [3.05, 3.63) is 54.1 Å². The van der Waals surface area contributed by atoms with Crippen LogP contribution in [0.3, 0.4) is 0 Å². The molecule has 8 nitrogen and oxygen atoms in total. The molecule has 2 aromatic carbocycles. The van der Waals surface area contributed by atoms with Crippen LogP contribution in [-0.4, -0.2) is 37.1 Å². The third-order valence-corrected chi connectivity index (χ3v) is 6.41. The third kappa shape index (κ3) is 5.03. The van der Waals surface area contributed by atoms with Gasteiger partial charge in [0.2, 0.25) is 27.7 Å². The van der Waals surface area contributed by atoms with Crippen molar-refractivity contribution in [1.29, 1.82) is 0 Å². The molecule has 3 rings (SSSR count). The number of nitrogens with one attached hydrogen (secondary N) is 1. The maximum absolute atomic E-state index is 12.6. The Kier molecular flexibility index (Phi) is 6.06. The number of hydrogen-bond donors (Lipinski definition) is 2. The Morgan fingerprint density at radius 3 is 2.34 bits per heavy atom. The van der Waals surface area contributed by atoms with E-state index >= 15 is 0 Å². The molecule has 0 aromatic heterocycles. The average molecular weight is 434 g/mol. The lowest BCUT2D eigenvalue weighted by Crippen LogP contribution is -2.31. The number of carbonyl (C=O) groups excluding carboxylic acids is 3. The molecule has 152 valence electrons. The van der Waals surface area contributed by atoms with Crippen LogP contribution in [0.4, 0.5) is 11.4 Å². The van der Waals surface area contributed by atoms with Gasteiger partial charge in [-0.25, -0.2) is 18.5 Å². The van der Waals surface area contributed by atoms with Gasteiger partial charge in [0.05, 0.1) is 21.6 Å². The topological polar surface area (TPSA) is 127 Å². The number of hydrogen-bond acceptors (Lipinski definition) is 6. The number of nitrogens with two attached hydrogens (primary N) is 1. The number of imide groups is 1. The molecule has 1 fully saturated rings. The van der Waals surface area contributed by atoms with Gasteiger partial charge in [0.25, 0.3) is 0 Å². The van der Waals surface area contributed by atoms with Crippen LogP contribution in [0.25, 0.3) is 0 Å². The summed E-state index contributed by atoms with van der Waals surface area (Å²) in [6.07, 6.45) is 0.0354. The van der Waals surface area contributed by atoms with Crippen LogP contribution in [0, 0.1) is 6.92 Å². The van der Waals surface area contributed by atoms with E-state index in [0.717, 1.165) is 22.2 Å². The van der Waals surface area contributed by atoms with Gasteiger partial charge in [-0.05, 0) is 43.3 Å². The number of thioether (sulfide) groups is 1. The minimum Gasteiger partial charge on any atom is -0.325 e. The Labute approximate surface area is 172 Å². The second-order valence-electron chi connectivity index (χ2n) is 6.52. The van der Waals surface area contributed by atoms with Crippen molar-refractivity contribution in [2.45, 2.75) is 23.5 Å². The SMILES string of the molecule is Cc1ccc(N2C(=O)C[C@H](SCC(=O)Nc3ccc(S(N)(=O)=O)cc3)C2=O)cc1. The zero-order chi connectivity index (χ0) is 21.2. The van der Waals surface area contributed by atoms with E-state index in [0.29, 0.717) is 11.4 Å². The van der Waals surface area contributed by atoms with Crippen molar-refractivity contribution in [2.24, 2.45) is 5.14 Å².